The van der Waals surface area contributed by atoms with E-state index in [1.54, 1.807) is 6.07 Å². The third kappa shape index (κ3) is 3.67. The topological polar surface area (TPSA) is 89.0 Å². The van der Waals surface area contributed by atoms with Crippen molar-refractivity contribution in [2.75, 3.05) is 5.32 Å². The molecule has 0 radical (unpaired) electrons. The summed E-state index contributed by atoms with van der Waals surface area (Å²) >= 11 is 3.13. The van der Waals surface area contributed by atoms with Gasteiger partial charge in [0.05, 0.1) is 5.56 Å². The molecule has 0 bridgehead atoms. The molecule has 0 fully saturated rings. The summed E-state index contributed by atoms with van der Waals surface area (Å²) in [6, 6.07) is 5.01. The molecule has 0 saturated carbocycles. The standard InChI is InChI=1S/C12H7BrF3N3O3S/c13-7-3-4-9(18-6-7)19-10(20)8-2-1-5-17-11(8)23(21,22)12(14,15)16/h1-6H,(H,18,19,20). The number of halogens is 4. The maximum absolute atomic E-state index is 12.7. The lowest BCUT2D eigenvalue weighted by molar-refractivity contribution is -0.0438. The number of hydrogen-bond acceptors (Lipinski definition) is 5. The molecule has 0 spiro atoms. The molecule has 122 valence electrons. The van der Waals surface area contributed by atoms with Gasteiger partial charge in [0, 0.05) is 16.9 Å². The van der Waals surface area contributed by atoms with E-state index < -0.39 is 31.8 Å². The lowest BCUT2D eigenvalue weighted by Crippen LogP contribution is -2.27. The fourth-order valence-electron chi connectivity index (χ4n) is 1.52. The minimum absolute atomic E-state index is 0.0393. The van der Waals surface area contributed by atoms with Crippen LogP contribution in [0, 0.1) is 0 Å². The SMILES string of the molecule is O=C(Nc1ccc(Br)cn1)c1cccnc1S(=O)(=O)C(F)(F)F. The van der Waals surface area contributed by atoms with Crippen LogP contribution >= 0.6 is 15.9 Å². The average Bonchev–Trinajstić information content (AvgIpc) is 2.48. The molecule has 2 aromatic heterocycles. The number of sulfone groups is 1. The number of nitrogens with one attached hydrogen (secondary N) is 1. The van der Waals surface area contributed by atoms with Gasteiger partial charge in [0.25, 0.3) is 15.7 Å². The van der Waals surface area contributed by atoms with E-state index in [-0.39, 0.29) is 5.82 Å². The highest BCUT2D eigenvalue weighted by Crippen LogP contribution is 2.31. The van der Waals surface area contributed by atoms with Crippen LogP contribution in [0.3, 0.4) is 0 Å². The van der Waals surface area contributed by atoms with Crippen molar-refractivity contribution in [3.63, 3.8) is 0 Å². The highest BCUT2D eigenvalue weighted by Gasteiger charge is 2.49. The second kappa shape index (κ2) is 6.24. The number of amides is 1. The summed E-state index contributed by atoms with van der Waals surface area (Å²) in [5.74, 6) is -1.03. The molecule has 1 amide bonds. The van der Waals surface area contributed by atoms with Crippen molar-refractivity contribution in [2.45, 2.75) is 10.5 Å². The molecule has 0 aliphatic heterocycles. The third-order valence-corrected chi connectivity index (χ3v) is 4.46. The lowest BCUT2D eigenvalue weighted by atomic mass is 10.2. The van der Waals surface area contributed by atoms with Gasteiger partial charge in [-0.25, -0.2) is 18.4 Å². The van der Waals surface area contributed by atoms with Crippen LogP contribution in [-0.2, 0) is 9.84 Å². The number of aromatic nitrogens is 2. The van der Waals surface area contributed by atoms with Gasteiger partial charge in [0.2, 0.25) is 0 Å². The molecule has 11 heteroatoms. The van der Waals surface area contributed by atoms with Gasteiger partial charge in [-0.3, -0.25) is 4.79 Å². The average molecular weight is 410 g/mol. The van der Waals surface area contributed by atoms with E-state index in [0.717, 1.165) is 18.3 Å². The molecule has 2 heterocycles. The van der Waals surface area contributed by atoms with Crippen molar-refractivity contribution in [2.24, 2.45) is 0 Å². The van der Waals surface area contributed by atoms with Crippen molar-refractivity contribution in [3.05, 3.63) is 46.7 Å². The van der Waals surface area contributed by atoms with Gasteiger partial charge in [0.15, 0.2) is 5.03 Å². The highest BCUT2D eigenvalue weighted by atomic mass is 79.9. The zero-order chi connectivity index (χ0) is 17.3. The van der Waals surface area contributed by atoms with Gasteiger partial charge in [-0.2, -0.15) is 13.2 Å². The van der Waals surface area contributed by atoms with Crippen LogP contribution < -0.4 is 5.32 Å². The Kier molecular flexibility index (Phi) is 4.71. The minimum Gasteiger partial charge on any atom is -0.306 e. The number of nitrogens with zero attached hydrogens (tertiary/aromatic N) is 2. The minimum atomic E-state index is -5.75. The predicted molar refractivity (Wildman–Crippen MR) is 77.4 cm³/mol. The van der Waals surface area contributed by atoms with Gasteiger partial charge in [-0.1, -0.05) is 0 Å². The molecule has 6 nitrogen and oxygen atoms in total. The van der Waals surface area contributed by atoms with E-state index in [9.17, 15) is 26.4 Å². The number of alkyl halides is 3. The molecular weight excluding hydrogens is 403 g/mol. The van der Waals surface area contributed by atoms with Crippen LogP contribution in [0.2, 0.25) is 0 Å². The monoisotopic (exact) mass is 409 g/mol. The number of carbonyl (C=O) groups is 1. The van der Waals surface area contributed by atoms with Crippen molar-refractivity contribution in [3.8, 4) is 0 Å². The summed E-state index contributed by atoms with van der Waals surface area (Å²) in [4.78, 5) is 19.1. The molecule has 0 aromatic carbocycles. The Morgan fingerprint density at radius 2 is 1.87 bits per heavy atom. The summed E-state index contributed by atoms with van der Waals surface area (Å²) in [6.45, 7) is 0. The van der Waals surface area contributed by atoms with E-state index in [1.807, 2.05) is 0 Å². The first-order chi connectivity index (χ1) is 10.6. The first-order valence-electron chi connectivity index (χ1n) is 5.82. The molecule has 0 saturated heterocycles. The van der Waals surface area contributed by atoms with E-state index in [2.05, 4.69) is 31.2 Å². The predicted octanol–water partition coefficient (Wildman–Crippen LogP) is 2.78. The van der Waals surface area contributed by atoms with Gasteiger partial charge >= 0.3 is 5.51 Å². The Bertz CT molecular complexity index is 839. The highest BCUT2D eigenvalue weighted by molar-refractivity contribution is 9.10. The molecule has 0 aliphatic carbocycles. The van der Waals surface area contributed by atoms with E-state index in [0.29, 0.717) is 4.47 Å². The normalized spacial score (nSPS) is 12.0. The fourth-order valence-corrected chi connectivity index (χ4v) is 2.62. The summed E-state index contributed by atoms with van der Waals surface area (Å²) in [6.07, 6.45) is 2.21. The Hall–Kier alpha value is -2.01. The first-order valence-corrected chi connectivity index (χ1v) is 8.10. The smallest absolute Gasteiger partial charge is 0.306 e. The van der Waals surface area contributed by atoms with Gasteiger partial charge < -0.3 is 5.32 Å². The Morgan fingerprint density at radius 3 is 2.43 bits per heavy atom. The largest absolute Gasteiger partial charge is 0.503 e. The lowest BCUT2D eigenvalue weighted by Gasteiger charge is -2.11. The Labute approximate surface area is 136 Å². The van der Waals surface area contributed by atoms with Crippen LogP contribution in [0.25, 0.3) is 0 Å². The summed E-state index contributed by atoms with van der Waals surface area (Å²) < 4.78 is 61.6. The van der Waals surface area contributed by atoms with Gasteiger partial charge in [0.1, 0.15) is 5.82 Å². The quantitative estimate of drug-likeness (QED) is 0.841. The molecule has 0 atom stereocenters. The Balaban J connectivity index is 2.41. The molecule has 1 N–H and O–H groups in total. The summed E-state index contributed by atoms with van der Waals surface area (Å²) in [5, 5.41) is 0.848. The van der Waals surface area contributed by atoms with E-state index >= 15 is 0 Å². The van der Waals surface area contributed by atoms with Crippen LogP contribution in [-0.4, -0.2) is 29.8 Å². The second-order valence-electron chi connectivity index (χ2n) is 4.12. The van der Waals surface area contributed by atoms with Crippen molar-refractivity contribution >= 4 is 37.5 Å². The second-order valence-corrected chi connectivity index (χ2v) is 6.89. The zero-order valence-corrected chi connectivity index (χ0v) is 13.4. The first kappa shape index (κ1) is 17.3. The molecule has 2 rings (SSSR count). The number of pyridine rings is 2. The van der Waals surface area contributed by atoms with Crippen LogP contribution in [0.15, 0.2) is 46.2 Å². The fraction of sp³-hybridized carbons (Fsp3) is 0.0833. The summed E-state index contributed by atoms with van der Waals surface area (Å²) in [7, 11) is -5.75. The molecule has 23 heavy (non-hydrogen) atoms. The van der Waals surface area contributed by atoms with Crippen LogP contribution in [0.4, 0.5) is 19.0 Å². The van der Waals surface area contributed by atoms with E-state index in [1.165, 1.54) is 12.3 Å². The van der Waals surface area contributed by atoms with Gasteiger partial charge in [-0.05, 0) is 40.2 Å². The number of carbonyl (C=O) groups excluding carboxylic acids is 1. The Morgan fingerprint density at radius 1 is 1.17 bits per heavy atom. The molecule has 0 unspecified atom stereocenters. The van der Waals surface area contributed by atoms with Crippen molar-refractivity contribution < 1.29 is 26.4 Å². The number of rotatable bonds is 3. The maximum atomic E-state index is 12.7. The van der Waals surface area contributed by atoms with Crippen molar-refractivity contribution in [1.82, 2.24) is 9.97 Å². The van der Waals surface area contributed by atoms with Gasteiger partial charge in [-0.15, -0.1) is 0 Å². The van der Waals surface area contributed by atoms with E-state index in [4.69, 9.17) is 0 Å². The summed E-state index contributed by atoms with van der Waals surface area (Å²) in [5.41, 5.74) is -6.29. The maximum Gasteiger partial charge on any atom is 0.503 e. The third-order valence-electron chi connectivity index (χ3n) is 2.54. The van der Waals surface area contributed by atoms with Crippen LogP contribution in [0.5, 0.6) is 0 Å². The molecule has 2 aromatic rings. The number of hydrogen-bond donors (Lipinski definition) is 1. The van der Waals surface area contributed by atoms with Crippen LogP contribution in [0.1, 0.15) is 10.4 Å². The zero-order valence-electron chi connectivity index (χ0n) is 11.0. The van der Waals surface area contributed by atoms with Crippen molar-refractivity contribution in [1.29, 1.82) is 0 Å². The number of anilines is 1. The molecule has 0 aliphatic rings. The molecular formula is C12H7BrF3N3O3S.